The molecule has 0 aliphatic carbocycles. The Hall–Kier alpha value is -1.85. The highest BCUT2D eigenvalue weighted by Gasteiger charge is 2.42. The van der Waals surface area contributed by atoms with Gasteiger partial charge in [-0.05, 0) is 35.2 Å². The Bertz CT molecular complexity index is 790. The Morgan fingerprint density at radius 2 is 2.09 bits per heavy atom. The fourth-order valence-electron chi connectivity index (χ4n) is 2.18. The van der Waals surface area contributed by atoms with Gasteiger partial charge in [0.25, 0.3) is 5.69 Å². The second-order valence-electron chi connectivity index (χ2n) is 4.27. The average molecular weight is 399 g/mol. The van der Waals surface area contributed by atoms with Gasteiger partial charge in [0.15, 0.2) is 0 Å². The first-order valence-electron chi connectivity index (χ1n) is 5.91. The van der Waals surface area contributed by atoms with Crippen molar-refractivity contribution >= 4 is 44.6 Å². The molecule has 0 N–H and O–H groups in total. The molecule has 0 bridgehead atoms. The van der Waals surface area contributed by atoms with Gasteiger partial charge in [-0.15, -0.1) is 0 Å². The third-order valence-corrected chi connectivity index (χ3v) is 4.49. The summed E-state index contributed by atoms with van der Waals surface area (Å²) in [5, 5.41) is 22.7. The fourth-order valence-corrected chi connectivity index (χ4v) is 3.51. The van der Waals surface area contributed by atoms with Crippen LogP contribution in [0.15, 0.2) is 39.9 Å². The molecule has 0 radical (unpaired) electrons. The van der Waals surface area contributed by atoms with Crippen LogP contribution in [-0.2, 0) is 0 Å². The van der Waals surface area contributed by atoms with Gasteiger partial charge in [0.2, 0.25) is 6.17 Å². The van der Waals surface area contributed by atoms with Crippen molar-refractivity contribution in [2.24, 2.45) is 10.1 Å². The van der Waals surface area contributed by atoms with Gasteiger partial charge >= 0.3 is 10.3 Å². The molecule has 11 heteroatoms. The zero-order valence-corrected chi connectivity index (χ0v) is 14.0. The van der Waals surface area contributed by atoms with Crippen LogP contribution in [0.5, 0.6) is 0 Å². The zero-order chi connectivity index (χ0) is 14.4. The van der Waals surface area contributed by atoms with Gasteiger partial charge in [-0.3, -0.25) is 10.1 Å². The normalized spacial score (nSPS) is 18.3. The van der Waals surface area contributed by atoms with Crippen molar-refractivity contribution in [2.45, 2.75) is 6.17 Å². The third-order valence-electron chi connectivity index (χ3n) is 3.11. The Labute approximate surface area is 143 Å². The first-order chi connectivity index (χ1) is 10.2. The Morgan fingerprint density at radius 3 is 2.82 bits per heavy atom. The van der Waals surface area contributed by atoms with Crippen molar-refractivity contribution in [1.82, 2.24) is 10.1 Å². The number of benzene rings is 1. The van der Waals surface area contributed by atoms with Crippen LogP contribution < -0.4 is 21.7 Å². The highest BCUT2D eigenvalue weighted by molar-refractivity contribution is 8.25. The van der Waals surface area contributed by atoms with Crippen molar-refractivity contribution < 1.29 is 26.6 Å². The van der Waals surface area contributed by atoms with E-state index in [9.17, 15) is 10.1 Å². The SMILES string of the molecule is O=[N+]([O-])c1ccc(C2N3N=CSC3=Nc3scn[n+]32)cc1.[Br-]. The molecule has 3 heterocycles. The minimum absolute atomic E-state index is 0. The van der Waals surface area contributed by atoms with Crippen LogP contribution in [0.4, 0.5) is 10.8 Å². The van der Waals surface area contributed by atoms with Gasteiger partial charge in [0, 0.05) is 22.7 Å². The number of hydrogen-bond acceptors (Lipinski definition) is 8. The lowest BCUT2D eigenvalue weighted by atomic mass is 10.1. The molecule has 2 aliphatic heterocycles. The molecule has 8 nitrogen and oxygen atoms in total. The number of aromatic nitrogens is 2. The number of nitro groups is 1. The molecule has 0 fully saturated rings. The largest absolute Gasteiger partial charge is 1.00 e. The van der Waals surface area contributed by atoms with Crippen molar-refractivity contribution in [1.29, 1.82) is 0 Å². The summed E-state index contributed by atoms with van der Waals surface area (Å²) in [6.07, 6.45) is -0.272. The molecule has 4 rings (SSSR count). The lowest BCUT2D eigenvalue weighted by Crippen LogP contribution is -3.00. The molecule has 0 amide bonds. The first-order valence-corrected chi connectivity index (χ1v) is 7.66. The number of hydrogen-bond donors (Lipinski definition) is 0. The number of thioether (sulfide) groups is 1. The summed E-state index contributed by atoms with van der Waals surface area (Å²) in [5.41, 5.74) is 4.36. The summed E-state index contributed by atoms with van der Waals surface area (Å²) in [5.74, 6) is 0. The van der Waals surface area contributed by atoms with Gasteiger partial charge in [0.05, 0.1) is 10.5 Å². The summed E-state index contributed by atoms with van der Waals surface area (Å²) in [6.45, 7) is 0. The van der Waals surface area contributed by atoms with E-state index in [1.165, 1.54) is 35.2 Å². The summed E-state index contributed by atoms with van der Waals surface area (Å²) in [6, 6.07) is 6.42. The molecule has 1 aromatic carbocycles. The van der Waals surface area contributed by atoms with Crippen LogP contribution >= 0.6 is 23.1 Å². The number of halogens is 1. The van der Waals surface area contributed by atoms with Gasteiger partial charge in [-0.25, -0.2) is 0 Å². The van der Waals surface area contributed by atoms with Crippen molar-refractivity contribution in [2.75, 3.05) is 0 Å². The molecule has 0 saturated heterocycles. The highest BCUT2D eigenvalue weighted by Crippen LogP contribution is 2.33. The number of nitro benzene ring substituents is 1. The second kappa shape index (κ2) is 5.74. The average Bonchev–Trinajstić information content (AvgIpc) is 3.12. The highest BCUT2D eigenvalue weighted by atomic mass is 79.9. The van der Waals surface area contributed by atoms with E-state index in [-0.39, 0.29) is 28.8 Å². The second-order valence-corrected chi connectivity index (χ2v) is 5.89. The Kier molecular flexibility index (Phi) is 3.93. The molecule has 2 aliphatic rings. The van der Waals surface area contributed by atoms with Crippen LogP contribution in [0.1, 0.15) is 11.7 Å². The van der Waals surface area contributed by atoms with E-state index in [4.69, 9.17) is 0 Å². The van der Waals surface area contributed by atoms with Crippen molar-refractivity contribution in [3.63, 3.8) is 0 Å². The van der Waals surface area contributed by atoms with Gasteiger partial charge in [-0.2, -0.15) is 10.1 Å². The van der Waals surface area contributed by atoms with Crippen LogP contribution in [-0.4, -0.2) is 25.7 Å². The lowest BCUT2D eigenvalue weighted by molar-refractivity contribution is -0.769. The maximum atomic E-state index is 10.8. The Balaban J connectivity index is 0.00000144. The minimum atomic E-state index is -0.414. The number of fused-ring (bicyclic) bond motifs is 2. The molecular formula is C11H7BrN6O2S2. The number of amidine groups is 1. The first kappa shape index (κ1) is 15.1. The monoisotopic (exact) mass is 398 g/mol. The molecule has 1 atom stereocenters. The maximum absolute atomic E-state index is 10.8. The molecular weight excluding hydrogens is 392 g/mol. The number of hydrazone groups is 1. The molecule has 22 heavy (non-hydrogen) atoms. The van der Waals surface area contributed by atoms with Gasteiger partial charge in [-0.1, -0.05) is 9.78 Å². The third kappa shape index (κ3) is 2.30. The zero-order valence-electron chi connectivity index (χ0n) is 10.7. The molecule has 2 aromatic rings. The van der Waals surface area contributed by atoms with Crippen LogP contribution in [0.25, 0.3) is 0 Å². The predicted octanol–water partition coefficient (Wildman–Crippen LogP) is -1.12. The predicted molar refractivity (Wildman–Crippen MR) is 78.6 cm³/mol. The topological polar surface area (TPSA) is 87.9 Å². The summed E-state index contributed by atoms with van der Waals surface area (Å²) < 4.78 is 1.76. The summed E-state index contributed by atoms with van der Waals surface area (Å²) in [4.78, 5) is 14.8. The number of non-ortho nitro benzene ring substituents is 1. The number of nitrogens with zero attached hydrogens (tertiary/aromatic N) is 6. The number of aliphatic imine (C=N–C) groups is 1. The smallest absolute Gasteiger partial charge is 0.409 e. The quantitative estimate of drug-likeness (QED) is 0.363. The summed E-state index contributed by atoms with van der Waals surface area (Å²) >= 11 is 2.88. The molecule has 1 unspecified atom stereocenters. The lowest BCUT2D eigenvalue weighted by Gasteiger charge is -2.22. The van der Waals surface area contributed by atoms with E-state index < -0.39 is 4.92 Å². The van der Waals surface area contributed by atoms with Crippen molar-refractivity contribution in [3.8, 4) is 0 Å². The van der Waals surface area contributed by atoms with E-state index in [2.05, 4.69) is 15.2 Å². The molecule has 1 aromatic heterocycles. The van der Waals surface area contributed by atoms with E-state index in [0.29, 0.717) is 0 Å². The fraction of sp³-hybridized carbons (Fsp3) is 0.0909. The summed E-state index contributed by atoms with van der Waals surface area (Å²) in [7, 11) is 0. The van der Waals surface area contributed by atoms with E-state index >= 15 is 0 Å². The molecule has 0 spiro atoms. The van der Waals surface area contributed by atoms with E-state index in [1.807, 2.05) is 0 Å². The maximum Gasteiger partial charge on any atom is 0.409 e. The van der Waals surface area contributed by atoms with E-state index in [0.717, 1.165) is 15.9 Å². The van der Waals surface area contributed by atoms with Crippen LogP contribution in [0.3, 0.4) is 0 Å². The van der Waals surface area contributed by atoms with Crippen LogP contribution in [0, 0.1) is 10.1 Å². The van der Waals surface area contributed by atoms with Crippen LogP contribution in [0.2, 0.25) is 0 Å². The van der Waals surface area contributed by atoms with Gasteiger partial charge in [0.1, 0.15) is 5.51 Å². The van der Waals surface area contributed by atoms with Gasteiger partial charge < -0.3 is 17.0 Å². The van der Waals surface area contributed by atoms with E-state index in [1.54, 1.807) is 32.9 Å². The molecule has 112 valence electrons. The standard InChI is InChI=1S/C11H7N6O2S2.BrH/c18-17(19)8-3-1-7(2-4-8)9-15-10(20-5-12-15)14-11-16(9)13-6-21-11;/h1-6,9H;1H/q+1;/p-1. The molecule has 0 saturated carbocycles. The number of rotatable bonds is 2. The Morgan fingerprint density at radius 1 is 1.32 bits per heavy atom. The van der Waals surface area contributed by atoms with Crippen molar-refractivity contribution in [3.05, 3.63) is 45.5 Å². The minimum Gasteiger partial charge on any atom is -1.00 e.